The first-order valence-electron chi connectivity index (χ1n) is 5.26. The topological polar surface area (TPSA) is 64.1 Å². The first-order chi connectivity index (χ1) is 7.81. The molecule has 1 aromatic heterocycles. The molecule has 1 atom stereocenters. The maximum Gasteiger partial charge on any atom is 0.0991 e. The molecule has 2 rings (SSSR count). The zero-order valence-electron chi connectivity index (χ0n) is 9.36. The van der Waals surface area contributed by atoms with Gasteiger partial charge in [0.15, 0.2) is 0 Å². The average Bonchev–Trinajstić information content (AvgIpc) is 2.83. The third-order valence-electron chi connectivity index (χ3n) is 2.56. The number of nitrogens with two attached hydrogens (primary N) is 1. The van der Waals surface area contributed by atoms with Gasteiger partial charge < -0.3 is 15.4 Å². The van der Waals surface area contributed by atoms with E-state index in [4.69, 9.17) is 10.8 Å². The van der Waals surface area contributed by atoms with Crippen molar-refractivity contribution in [3.05, 3.63) is 48.5 Å². The SMILES string of the molecule is Cl.NC(CCO)c1ccc(-n2ccnc2)cc1. The summed E-state index contributed by atoms with van der Waals surface area (Å²) in [5, 5.41) is 8.81. The highest BCUT2D eigenvalue weighted by atomic mass is 35.5. The average molecular weight is 254 g/mol. The molecule has 17 heavy (non-hydrogen) atoms. The van der Waals surface area contributed by atoms with E-state index in [0.717, 1.165) is 11.3 Å². The Morgan fingerprint density at radius 1 is 1.29 bits per heavy atom. The number of hydrogen-bond donors (Lipinski definition) is 2. The lowest BCUT2D eigenvalue weighted by atomic mass is 10.0. The van der Waals surface area contributed by atoms with E-state index in [9.17, 15) is 0 Å². The third kappa shape index (κ3) is 3.30. The Bertz CT molecular complexity index is 428. The summed E-state index contributed by atoms with van der Waals surface area (Å²) in [7, 11) is 0. The summed E-state index contributed by atoms with van der Waals surface area (Å²) in [5.74, 6) is 0. The van der Waals surface area contributed by atoms with Crippen LogP contribution in [-0.4, -0.2) is 21.3 Å². The molecule has 1 aromatic carbocycles. The fourth-order valence-electron chi connectivity index (χ4n) is 1.61. The standard InChI is InChI=1S/C12H15N3O.ClH/c13-12(5-8-16)10-1-3-11(4-2-10)15-7-6-14-9-15;/h1-4,6-7,9,12,16H,5,8,13H2;1H. The smallest absolute Gasteiger partial charge is 0.0991 e. The van der Waals surface area contributed by atoms with E-state index in [0.29, 0.717) is 6.42 Å². The van der Waals surface area contributed by atoms with E-state index < -0.39 is 0 Å². The van der Waals surface area contributed by atoms with Crippen LogP contribution in [0, 0.1) is 0 Å². The summed E-state index contributed by atoms with van der Waals surface area (Å²) < 4.78 is 1.93. The molecule has 0 amide bonds. The first kappa shape index (κ1) is 13.7. The molecule has 1 heterocycles. The van der Waals surface area contributed by atoms with Crippen molar-refractivity contribution < 1.29 is 5.11 Å². The van der Waals surface area contributed by atoms with Crippen molar-refractivity contribution in [2.75, 3.05) is 6.61 Å². The molecule has 0 saturated heterocycles. The molecule has 0 fully saturated rings. The molecular weight excluding hydrogens is 238 g/mol. The number of aliphatic hydroxyl groups excluding tert-OH is 1. The summed E-state index contributed by atoms with van der Waals surface area (Å²) in [6.45, 7) is 0.116. The summed E-state index contributed by atoms with van der Waals surface area (Å²) in [4.78, 5) is 3.99. The number of rotatable bonds is 4. The number of hydrogen-bond acceptors (Lipinski definition) is 3. The normalized spacial score (nSPS) is 11.9. The van der Waals surface area contributed by atoms with E-state index in [1.165, 1.54) is 0 Å². The quantitative estimate of drug-likeness (QED) is 0.871. The fourth-order valence-corrected chi connectivity index (χ4v) is 1.61. The van der Waals surface area contributed by atoms with Crippen LogP contribution in [0.4, 0.5) is 0 Å². The Hall–Kier alpha value is -1.36. The van der Waals surface area contributed by atoms with Gasteiger partial charge in [0.2, 0.25) is 0 Å². The highest BCUT2D eigenvalue weighted by Gasteiger charge is 2.04. The van der Waals surface area contributed by atoms with Crippen molar-refractivity contribution in [1.29, 1.82) is 0 Å². The predicted octanol–water partition coefficient (Wildman–Crippen LogP) is 1.68. The third-order valence-corrected chi connectivity index (χ3v) is 2.56. The molecule has 92 valence electrons. The van der Waals surface area contributed by atoms with Crippen LogP contribution in [0.3, 0.4) is 0 Å². The minimum absolute atomic E-state index is 0. The molecule has 5 heteroatoms. The summed E-state index contributed by atoms with van der Waals surface area (Å²) in [6, 6.07) is 7.86. The van der Waals surface area contributed by atoms with E-state index in [1.54, 1.807) is 12.5 Å². The van der Waals surface area contributed by atoms with Crippen LogP contribution in [0.1, 0.15) is 18.0 Å². The predicted molar refractivity (Wildman–Crippen MR) is 69.4 cm³/mol. The molecule has 0 aliphatic carbocycles. The van der Waals surface area contributed by atoms with Gasteiger partial charge in [0.25, 0.3) is 0 Å². The first-order valence-corrected chi connectivity index (χ1v) is 5.26. The minimum Gasteiger partial charge on any atom is -0.396 e. The Labute approximate surface area is 107 Å². The van der Waals surface area contributed by atoms with Gasteiger partial charge in [0.1, 0.15) is 0 Å². The lowest BCUT2D eigenvalue weighted by Gasteiger charge is -2.11. The summed E-state index contributed by atoms with van der Waals surface area (Å²) in [6.07, 6.45) is 5.97. The van der Waals surface area contributed by atoms with Crippen molar-refractivity contribution in [3.63, 3.8) is 0 Å². The van der Waals surface area contributed by atoms with Gasteiger partial charge in [0.05, 0.1) is 6.33 Å². The van der Waals surface area contributed by atoms with Crippen molar-refractivity contribution >= 4 is 12.4 Å². The number of aliphatic hydroxyl groups is 1. The van der Waals surface area contributed by atoms with Crippen LogP contribution in [0.15, 0.2) is 43.0 Å². The molecule has 0 saturated carbocycles. The summed E-state index contributed by atoms with van der Waals surface area (Å²) >= 11 is 0. The van der Waals surface area contributed by atoms with Crippen LogP contribution in [0.2, 0.25) is 0 Å². The number of benzene rings is 1. The monoisotopic (exact) mass is 253 g/mol. The number of aromatic nitrogens is 2. The van der Waals surface area contributed by atoms with Crippen LogP contribution >= 0.6 is 12.4 Å². The Kier molecular flexibility index (Phi) is 5.15. The molecule has 0 aliphatic heterocycles. The van der Waals surface area contributed by atoms with Gasteiger partial charge in [-0.1, -0.05) is 12.1 Å². The highest BCUT2D eigenvalue weighted by Crippen LogP contribution is 2.16. The van der Waals surface area contributed by atoms with E-state index in [1.807, 2.05) is 35.0 Å². The van der Waals surface area contributed by atoms with Gasteiger partial charge in [-0.25, -0.2) is 4.98 Å². The molecule has 2 aromatic rings. The Morgan fingerprint density at radius 2 is 2.00 bits per heavy atom. The Morgan fingerprint density at radius 3 is 2.53 bits per heavy atom. The molecule has 1 unspecified atom stereocenters. The number of halogens is 1. The van der Waals surface area contributed by atoms with Gasteiger partial charge in [-0.15, -0.1) is 12.4 Å². The van der Waals surface area contributed by atoms with Crippen molar-refractivity contribution in [1.82, 2.24) is 9.55 Å². The largest absolute Gasteiger partial charge is 0.396 e. The van der Waals surface area contributed by atoms with Crippen LogP contribution in [0.5, 0.6) is 0 Å². The van der Waals surface area contributed by atoms with Gasteiger partial charge in [-0.05, 0) is 24.1 Å². The molecule has 0 radical (unpaired) electrons. The van der Waals surface area contributed by atoms with E-state index in [2.05, 4.69) is 4.98 Å². The second kappa shape index (κ2) is 6.39. The van der Waals surface area contributed by atoms with Crippen molar-refractivity contribution in [3.8, 4) is 5.69 Å². The number of imidazole rings is 1. The van der Waals surface area contributed by atoms with Crippen LogP contribution in [-0.2, 0) is 0 Å². The second-order valence-electron chi connectivity index (χ2n) is 3.68. The minimum atomic E-state index is -0.0955. The Balaban J connectivity index is 0.00000144. The van der Waals surface area contributed by atoms with Crippen molar-refractivity contribution in [2.24, 2.45) is 5.73 Å². The van der Waals surface area contributed by atoms with E-state index in [-0.39, 0.29) is 25.1 Å². The van der Waals surface area contributed by atoms with Gasteiger partial charge in [-0.3, -0.25) is 0 Å². The van der Waals surface area contributed by atoms with Crippen molar-refractivity contribution in [2.45, 2.75) is 12.5 Å². The maximum atomic E-state index is 8.81. The molecular formula is C12H16ClN3O. The molecule has 0 spiro atoms. The zero-order chi connectivity index (χ0) is 11.4. The highest BCUT2D eigenvalue weighted by molar-refractivity contribution is 5.85. The molecule has 4 nitrogen and oxygen atoms in total. The van der Waals surface area contributed by atoms with Gasteiger partial charge >= 0.3 is 0 Å². The van der Waals surface area contributed by atoms with Gasteiger partial charge in [0, 0.05) is 30.7 Å². The van der Waals surface area contributed by atoms with Gasteiger partial charge in [-0.2, -0.15) is 0 Å². The van der Waals surface area contributed by atoms with E-state index >= 15 is 0 Å². The second-order valence-corrected chi connectivity index (χ2v) is 3.68. The zero-order valence-corrected chi connectivity index (χ0v) is 10.2. The lowest BCUT2D eigenvalue weighted by Crippen LogP contribution is -2.11. The number of nitrogens with zero attached hydrogens (tertiary/aromatic N) is 2. The summed E-state index contributed by atoms with van der Waals surface area (Å²) in [5.41, 5.74) is 7.99. The molecule has 0 bridgehead atoms. The maximum absolute atomic E-state index is 8.81. The van der Waals surface area contributed by atoms with Crippen LogP contribution < -0.4 is 5.73 Å². The molecule has 3 N–H and O–H groups in total. The lowest BCUT2D eigenvalue weighted by molar-refractivity contribution is 0.276. The fraction of sp³-hybridized carbons (Fsp3) is 0.250. The molecule has 0 aliphatic rings. The van der Waals surface area contributed by atoms with Crippen LogP contribution in [0.25, 0.3) is 5.69 Å².